The van der Waals surface area contributed by atoms with E-state index >= 15 is 0 Å². The second-order valence-electron chi connectivity index (χ2n) is 4.59. The lowest BCUT2D eigenvalue weighted by atomic mass is 9.95. The molecule has 78 valence electrons. The number of hydrogen-bond donors (Lipinski definition) is 1. The summed E-state index contributed by atoms with van der Waals surface area (Å²) in [5, 5.41) is 0. The van der Waals surface area contributed by atoms with E-state index in [2.05, 4.69) is 6.92 Å². The molecule has 2 N–H and O–H groups in total. The van der Waals surface area contributed by atoms with E-state index in [0.717, 1.165) is 19.3 Å². The first-order valence-corrected chi connectivity index (χ1v) is 6.83. The Hall–Kier alpha value is -0.0900. The average molecular weight is 205 g/mol. The largest absolute Gasteiger partial charge is 0.325 e. The van der Waals surface area contributed by atoms with Crippen LogP contribution in [-0.2, 0) is 9.84 Å². The third-order valence-corrected chi connectivity index (χ3v) is 3.81. The highest BCUT2D eigenvalue weighted by atomic mass is 32.2. The zero-order valence-corrected chi connectivity index (χ0v) is 9.23. The van der Waals surface area contributed by atoms with E-state index in [1.807, 2.05) is 0 Å². The van der Waals surface area contributed by atoms with E-state index in [-0.39, 0.29) is 11.3 Å². The van der Waals surface area contributed by atoms with Gasteiger partial charge in [0.25, 0.3) is 0 Å². The molecule has 0 aromatic carbocycles. The average Bonchev–Trinajstić information content (AvgIpc) is 2.27. The van der Waals surface area contributed by atoms with Gasteiger partial charge in [-0.25, -0.2) is 8.42 Å². The van der Waals surface area contributed by atoms with Crippen LogP contribution in [0.25, 0.3) is 0 Å². The van der Waals surface area contributed by atoms with Gasteiger partial charge in [-0.3, -0.25) is 0 Å². The van der Waals surface area contributed by atoms with E-state index in [1.165, 1.54) is 6.26 Å². The maximum atomic E-state index is 11.0. The highest BCUT2D eigenvalue weighted by Crippen LogP contribution is 2.34. The number of hydrogen-bond acceptors (Lipinski definition) is 3. The standard InChI is InChI=1S/C9H19NO2S/c1-8-3-4-9(10,7-8)5-6-13(2,11)12/h8H,3-7,10H2,1-2H3. The molecule has 0 heterocycles. The first-order valence-electron chi connectivity index (χ1n) is 4.77. The van der Waals surface area contributed by atoms with Crippen LogP contribution < -0.4 is 5.73 Å². The minimum absolute atomic E-state index is 0.206. The van der Waals surface area contributed by atoms with Crippen molar-refractivity contribution in [2.75, 3.05) is 12.0 Å². The first-order chi connectivity index (χ1) is 5.81. The topological polar surface area (TPSA) is 60.2 Å². The fourth-order valence-corrected chi connectivity index (χ4v) is 2.83. The van der Waals surface area contributed by atoms with Gasteiger partial charge in [-0.15, -0.1) is 0 Å². The molecule has 0 radical (unpaired) electrons. The van der Waals surface area contributed by atoms with Gasteiger partial charge in [0, 0.05) is 11.8 Å². The van der Waals surface area contributed by atoms with Crippen LogP contribution in [0, 0.1) is 5.92 Å². The lowest BCUT2D eigenvalue weighted by Crippen LogP contribution is -2.38. The molecule has 3 nitrogen and oxygen atoms in total. The van der Waals surface area contributed by atoms with Gasteiger partial charge in [-0.1, -0.05) is 6.92 Å². The van der Waals surface area contributed by atoms with Gasteiger partial charge in [-0.2, -0.15) is 0 Å². The molecule has 0 amide bonds. The van der Waals surface area contributed by atoms with Crippen LogP contribution in [0.1, 0.15) is 32.6 Å². The summed E-state index contributed by atoms with van der Waals surface area (Å²) in [4.78, 5) is 0. The summed E-state index contributed by atoms with van der Waals surface area (Å²) in [5.74, 6) is 0.889. The number of nitrogens with two attached hydrogens (primary N) is 1. The molecular weight excluding hydrogens is 186 g/mol. The van der Waals surface area contributed by atoms with Crippen LogP contribution in [-0.4, -0.2) is 26.0 Å². The van der Waals surface area contributed by atoms with E-state index in [9.17, 15) is 8.42 Å². The van der Waals surface area contributed by atoms with Crippen LogP contribution in [0.4, 0.5) is 0 Å². The Labute approximate surface area is 80.6 Å². The molecule has 1 rings (SSSR count). The Bertz CT molecular complexity index is 273. The monoisotopic (exact) mass is 205 g/mol. The van der Waals surface area contributed by atoms with Crippen molar-refractivity contribution in [2.24, 2.45) is 11.7 Å². The molecule has 0 aromatic rings. The molecule has 0 aromatic heterocycles. The summed E-state index contributed by atoms with van der Waals surface area (Å²) in [6, 6.07) is 0. The summed E-state index contributed by atoms with van der Waals surface area (Å²) in [6.45, 7) is 2.18. The number of rotatable bonds is 3. The van der Waals surface area contributed by atoms with Gasteiger partial charge in [0.15, 0.2) is 0 Å². The predicted octanol–water partition coefficient (Wildman–Crippen LogP) is 0.939. The van der Waals surface area contributed by atoms with Crippen LogP contribution in [0.2, 0.25) is 0 Å². The Morgan fingerprint density at radius 1 is 1.54 bits per heavy atom. The van der Waals surface area contributed by atoms with Crippen molar-refractivity contribution in [1.82, 2.24) is 0 Å². The smallest absolute Gasteiger partial charge is 0.147 e. The molecule has 1 aliphatic rings. The van der Waals surface area contributed by atoms with E-state index in [4.69, 9.17) is 5.73 Å². The third kappa shape index (κ3) is 3.65. The van der Waals surface area contributed by atoms with E-state index < -0.39 is 9.84 Å². The summed E-state index contributed by atoms with van der Waals surface area (Å²) >= 11 is 0. The second-order valence-corrected chi connectivity index (χ2v) is 6.85. The summed E-state index contributed by atoms with van der Waals surface area (Å²) < 4.78 is 21.9. The molecule has 1 saturated carbocycles. The van der Waals surface area contributed by atoms with Crippen molar-refractivity contribution >= 4 is 9.84 Å². The number of sulfone groups is 1. The van der Waals surface area contributed by atoms with Gasteiger partial charge in [0.05, 0.1) is 5.75 Å². The van der Waals surface area contributed by atoms with Crippen molar-refractivity contribution in [3.8, 4) is 0 Å². The lowest BCUT2D eigenvalue weighted by Gasteiger charge is -2.23. The van der Waals surface area contributed by atoms with Gasteiger partial charge >= 0.3 is 0 Å². The Morgan fingerprint density at radius 3 is 2.54 bits per heavy atom. The van der Waals surface area contributed by atoms with Gasteiger partial charge in [0.1, 0.15) is 9.84 Å². The highest BCUT2D eigenvalue weighted by molar-refractivity contribution is 7.90. The van der Waals surface area contributed by atoms with Crippen molar-refractivity contribution in [3.05, 3.63) is 0 Å². The zero-order chi connectivity index (χ0) is 10.1. The fraction of sp³-hybridized carbons (Fsp3) is 1.00. The molecule has 2 unspecified atom stereocenters. The SMILES string of the molecule is CC1CCC(N)(CCS(C)(=O)=O)C1. The van der Waals surface area contributed by atoms with Gasteiger partial charge in [0.2, 0.25) is 0 Å². The van der Waals surface area contributed by atoms with Crippen LogP contribution >= 0.6 is 0 Å². The maximum Gasteiger partial charge on any atom is 0.147 e. The summed E-state index contributed by atoms with van der Waals surface area (Å²) in [5.41, 5.74) is 5.89. The van der Waals surface area contributed by atoms with E-state index in [0.29, 0.717) is 12.3 Å². The molecule has 0 bridgehead atoms. The van der Waals surface area contributed by atoms with Crippen LogP contribution in [0.3, 0.4) is 0 Å². The van der Waals surface area contributed by atoms with Crippen LogP contribution in [0.15, 0.2) is 0 Å². The summed E-state index contributed by atoms with van der Waals surface area (Å²) in [6.07, 6.45) is 4.98. The van der Waals surface area contributed by atoms with Crippen molar-refractivity contribution < 1.29 is 8.42 Å². The summed E-state index contributed by atoms with van der Waals surface area (Å²) in [7, 11) is -2.85. The molecule has 0 aliphatic heterocycles. The molecular formula is C9H19NO2S. The van der Waals surface area contributed by atoms with Crippen LogP contribution in [0.5, 0.6) is 0 Å². The predicted molar refractivity (Wildman–Crippen MR) is 54.3 cm³/mol. The van der Waals surface area contributed by atoms with Crippen molar-refractivity contribution in [2.45, 2.75) is 38.1 Å². The molecule has 13 heavy (non-hydrogen) atoms. The molecule has 1 fully saturated rings. The minimum atomic E-state index is -2.85. The Morgan fingerprint density at radius 2 is 2.15 bits per heavy atom. The fourth-order valence-electron chi connectivity index (χ4n) is 2.05. The molecule has 4 heteroatoms. The minimum Gasteiger partial charge on any atom is -0.325 e. The second kappa shape index (κ2) is 3.58. The molecule has 1 aliphatic carbocycles. The quantitative estimate of drug-likeness (QED) is 0.746. The Kier molecular flexibility index (Phi) is 3.02. The van der Waals surface area contributed by atoms with Gasteiger partial charge < -0.3 is 5.73 Å². The molecule has 2 atom stereocenters. The van der Waals surface area contributed by atoms with E-state index in [1.54, 1.807) is 0 Å². The van der Waals surface area contributed by atoms with Gasteiger partial charge in [-0.05, 0) is 31.6 Å². The molecule has 0 saturated heterocycles. The third-order valence-electron chi connectivity index (χ3n) is 2.86. The maximum absolute atomic E-state index is 11.0. The van der Waals surface area contributed by atoms with Crippen molar-refractivity contribution in [1.29, 1.82) is 0 Å². The highest BCUT2D eigenvalue weighted by Gasteiger charge is 2.33. The lowest BCUT2D eigenvalue weighted by molar-refractivity contribution is 0.408. The first kappa shape index (κ1) is 11.0. The normalized spacial score (nSPS) is 35.2. The molecule has 0 spiro atoms. The Balaban J connectivity index is 2.45. The zero-order valence-electron chi connectivity index (χ0n) is 8.41. The van der Waals surface area contributed by atoms with Crippen molar-refractivity contribution in [3.63, 3.8) is 0 Å².